The van der Waals surface area contributed by atoms with Crippen molar-refractivity contribution in [2.24, 2.45) is 0 Å². The summed E-state index contributed by atoms with van der Waals surface area (Å²) in [5, 5.41) is 10.1. The van der Waals surface area contributed by atoms with Crippen molar-refractivity contribution < 1.29 is 14.6 Å². The highest BCUT2D eigenvalue weighted by molar-refractivity contribution is 8.00. The average molecular weight is 357 g/mol. The molecule has 3 rings (SSSR count). The molecule has 1 aliphatic heterocycles. The fourth-order valence-corrected chi connectivity index (χ4v) is 4.40. The molecule has 1 saturated heterocycles. The molecule has 2 aromatic rings. The summed E-state index contributed by atoms with van der Waals surface area (Å²) >= 11 is 1.60. The molecule has 2 aromatic carbocycles. The number of thioether (sulfide) groups is 1. The van der Waals surface area contributed by atoms with Crippen molar-refractivity contribution in [1.82, 2.24) is 0 Å². The van der Waals surface area contributed by atoms with Crippen LogP contribution in [0.4, 0.5) is 5.69 Å². The standard InChI is InChI=1S/C20H23NO3S/c1-12(2)15-10-16(13(3)9-17(15)22)21-19(23)11-25-20(21)14-7-5-6-8-18(14)24-4/h5-10,12,20,22H,11H2,1-4H3. The largest absolute Gasteiger partial charge is 0.508 e. The lowest BCUT2D eigenvalue weighted by Gasteiger charge is -2.28. The van der Waals surface area contributed by atoms with Crippen LogP contribution in [0.25, 0.3) is 0 Å². The van der Waals surface area contributed by atoms with E-state index in [1.807, 2.05) is 56.0 Å². The summed E-state index contributed by atoms with van der Waals surface area (Å²) in [6.45, 7) is 5.99. The minimum atomic E-state index is -0.132. The predicted octanol–water partition coefficient (Wildman–Crippen LogP) is 4.61. The molecule has 0 radical (unpaired) electrons. The zero-order chi connectivity index (χ0) is 18.1. The van der Waals surface area contributed by atoms with Crippen LogP contribution in [0.2, 0.25) is 0 Å². The lowest BCUT2D eigenvalue weighted by atomic mass is 9.98. The molecule has 5 heteroatoms. The highest BCUT2D eigenvalue weighted by Gasteiger charge is 2.36. The van der Waals surface area contributed by atoms with Crippen molar-refractivity contribution in [2.45, 2.75) is 32.1 Å². The second-order valence-corrected chi connectivity index (χ2v) is 7.59. The molecule has 1 aliphatic rings. The van der Waals surface area contributed by atoms with Crippen molar-refractivity contribution in [2.75, 3.05) is 17.8 Å². The van der Waals surface area contributed by atoms with Gasteiger partial charge < -0.3 is 9.84 Å². The molecule has 0 bridgehead atoms. The molecular formula is C20H23NO3S. The molecular weight excluding hydrogens is 334 g/mol. The summed E-state index contributed by atoms with van der Waals surface area (Å²) in [6.07, 6.45) is 0. The smallest absolute Gasteiger partial charge is 0.238 e. The molecule has 1 amide bonds. The number of hydrogen-bond acceptors (Lipinski definition) is 4. The van der Waals surface area contributed by atoms with Crippen LogP contribution in [0.15, 0.2) is 36.4 Å². The maximum atomic E-state index is 12.7. The molecule has 1 N–H and O–H groups in total. The molecule has 132 valence electrons. The second-order valence-electron chi connectivity index (χ2n) is 6.52. The van der Waals surface area contributed by atoms with Gasteiger partial charge in [0.1, 0.15) is 16.9 Å². The van der Waals surface area contributed by atoms with Crippen LogP contribution in [0.1, 0.15) is 41.8 Å². The van der Waals surface area contributed by atoms with E-state index in [1.165, 1.54) is 0 Å². The molecule has 0 aliphatic carbocycles. The summed E-state index contributed by atoms with van der Waals surface area (Å²) in [4.78, 5) is 14.5. The van der Waals surface area contributed by atoms with Gasteiger partial charge in [-0.2, -0.15) is 0 Å². The van der Waals surface area contributed by atoms with Gasteiger partial charge in [0.25, 0.3) is 0 Å². The van der Waals surface area contributed by atoms with Gasteiger partial charge in [-0.3, -0.25) is 9.69 Å². The van der Waals surface area contributed by atoms with Crippen molar-refractivity contribution in [3.63, 3.8) is 0 Å². The number of carbonyl (C=O) groups excluding carboxylic acids is 1. The van der Waals surface area contributed by atoms with Gasteiger partial charge in [-0.1, -0.05) is 32.0 Å². The number of phenolic OH excluding ortho intramolecular Hbond substituents is 1. The number of amides is 1. The van der Waals surface area contributed by atoms with Crippen LogP contribution in [-0.2, 0) is 4.79 Å². The Morgan fingerprint density at radius 3 is 2.68 bits per heavy atom. The fourth-order valence-electron chi connectivity index (χ4n) is 3.20. The topological polar surface area (TPSA) is 49.8 Å². The number of anilines is 1. The highest BCUT2D eigenvalue weighted by Crippen LogP contribution is 2.46. The Balaban J connectivity index is 2.11. The molecule has 1 atom stereocenters. The molecule has 1 heterocycles. The zero-order valence-corrected chi connectivity index (χ0v) is 15.8. The minimum absolute atomic E-state index is 0.0735. The fraction of sp³-hybridized carbons (Fsp3) is 0.350. The van der Waals surface area contributed by atoms with Gasteiger partial charge in [0.05, 0.1) is 12.9 Å². The molecule has 0 saturated carbocycles. The van der Waals surface area contributed by atoms with Gasteiger partial charge in [0, 0.05) is 11.3 Å². The van der Waals surface area contributed by atoms with Crippen molar-refractivity contribution in [3.05, 3.63) is 53.1 Å². The van der Waals surface area contributed by atoms with E-state index in [1.54, 1.807) is 24.9 Å². The van der Waals surface area contributed by atoms with E-state index in [2.05, 4.69) is 0 Å². The summed E-state index contributed by atoms with van der Waals surface area (Å²) in [5.41, 5.74) is 3.58. The van der Waals surface area contributed by atoms with Crippen LogP contribution >= 0.6 is 11.8 Å². The van der Waals surface area contributed by atoms with Crippen LogP contribution in [0.5, 0.6) is 11.5 Å². The molecule has 1 fully saturated rings. The number of aryl methyl sites for hydroxylation is 1. The first-order valence-corrected chi connectivity index (χ1v) is 9.39. The van der Waals surface area contributed by atoms with Crippen LogP contribution in [-0.4, -0.2) is 23.9 Å². The van der Waals surface area contributed by atoms with E-state index in [9.17, 15) is 9.90 Å². The number of rotatable bonds is 4. The number of para-hydroxylation sites is 1. The minimum Gasteiger partial charge on any atom is -0.508 e. The first-order valence-electron chi connectivity index (χ1n) is 8.34. The van der Waals surface area contributed by atoms with Gasteiger partial charge >= 0.3 is 0 Å². The molecule has 0 spiro atoms. The summed E-state index contributed by atoms with van der Waals surface area (Å²) < 4.78 is 5.50. The van der Waals surface area contributed by atoms with Crippen LogP contribution < -0.4 is 9.64 Å². The van der Waals surface area contributed by atoms with Crippen molar-refractivity contribution >= 4 is 23.4 Å². The number of phenols is 1. The van der Waals surface area contributed by atoms with Gasteiger partial charge in [-0.15, -0.1) is 11.8 Å². The Morgan fingerprint density at radius 2 is 2.00 bits per heavy atom. The molecule has 1 unspecified atom stereocenters. The van der Waals surface area contributed by atoms with Gasteiger partial charge in [-0.25, -0.2) is 0 Å². The number of methoxy groups -OCH3 is 1. The number of benzene rings is 2. The van der Waals surface area contributed by atoms with Crippen molar-refractivity contribution in [3.8, 4) is 11.5 Å². The quantitative estimate of drug-likeness (QED) is 0.868. The van der Waals surface area contributed by atoms with E-state index >= 15 is 0 Å². The van der Waals surface area contributed by atoms with E-state index in [0.717, 1.165) is 28.1 Å². The molecule has 4 nitrogen and oxygen atoms in total. The number of ether oxygens (including phenoxy) is 1. The summed E-state index contributed by atoms with van der Waals surface area (Å²) in [6, 6.07) is 11.5. The normalized spacial score (nSPS) is 17.4. The van der Waals surface area contributed by atoms with E-state index in [-0.39, 0.29) is 22.9 Å². The Bertz CT molecular complexity index is 804. The first-order chi connectivity index (χ1) is 11.9. The second kappa shape index (κ2) is 7.00. The Morgan fingerprint density at radius 1 is 1.28 bits per heavy atom. The summed E-state index contributed by atoms with van der Waals surface area (Å²) in [7, 11) is 1.65. The number of carbonyl (C=O) groups is 1. The Kier molecular flexibility index (Phi) is 4.95. The van der Waals surface area contributed by atoms with Gasteiger partial charge in [0.15, 0.2) is 0 Å². The average Bonchev–Trinajstić information content (AvgIpc) is 2.96. The third-order valence-electron chi connectivity index (χ3n) is 4.50. The molecule has 0 aromatic heterocycles. The highest BCUT2D eigenvalue weighted by atomic mass is 32.2. The maximum Gasteiger partial charge on any atom is 0.238 e. The Labute approximate surface area is 152 Å². The Hall–Kier alpha value is -2.14. The van der Waals surface area contributed by atoms with Gasteiger partial charge in [-0.05, 0) is 42.2 Å². The van der Waals surface area contributed by atoms with E-state index in [4.69, 9.17) is 4.74 Å². The third-order valence-corrected chi connectivity index (χ3v) is 5.69. The van der Waals surface area contributed by atoms with Crippen LogP contribution in [0.3, 0.4) is 0 Å². The van der Waals surface area contributed by atoms with Crippen LogP contribution in [0, 0.1) is 6.92 Å². The lowest BCUT2D eigenvalue weighted by Crippen LogP contribution is -2.29. The monoisotopic (exact) mass is 357 g/mol. The lowest BCUT2D eigenvalue weighted by molar-refractivity contribution is -0.115. The van der Waals surface area contributed by atoms with E-state index < -0.39 is 0 Å². The zero-order valence-electron chi connectivity index (χ0n) is 14.9. The van der Waals surface area contributed by atoms with E-state index in [0.29, 0.717) is 5.75 Å². The first kappa shape index (κ1) is 17.7. The third kappa shape index (κ3) is 3.21. The number of hydrogen-bond donors (Lipinski definition) is 1. The SMILES string of the molecule is COc1ccccc1C1SCC(=O)N1c1cc(C(C)C)c(O)cc1C. The number of aromatic hydroxyl groups is 1. The molecule has 25 heavy (non-hydrogen) atoms. The summed E-state index contributed by atoms with van der Waals surface area (Å²) in [5.74, 6) is 1.74. The predicted molar refractivity (Wildman–Crippen MR) is 103 cm³/mol. The maximum absolute atomic E-state index is 12.7. The number of nitrogens with zero attached hydrogens (tertiary/aromatic N) is 1. The van der Waals surface area contributed by atoms with Gasteiger partial charge in [0.2, 0.25) is 5.91 Å². The van der Waals surface area contributed by atoms with Crippen molar-refractivity contribution in [1.29, 1.82) is 0 Å².